The summed E-state index contributed by atoms with van der Waals surface area (Å²) in [5.74, 6) is 1.77. The van der Waals surface area contributed by atoms with Gasteiger partial charge in [-0.1, -0.05) is 17.4 Å². The molecule has 1 aliphatic heterocycles. The van der Waals surface area contributed by atoms with Crippen LogP contribution in [0.15, 0.2) is 45.7 Å². The van der Waals surface area contributed by atoms with Gasteiger partial charge in [-0.2, -0.15) is 21.5 Å². The van der Waals surface area contributed by atoms with Gasteiger partial charge in [0.2, 0.25) is 16.0 Å². The Labute approximate surface area is 248 Å². The number of amides is 1. The SMILES string of the molecule is COc1cccc(OC)c1-c1cc(C(=O)Nc2nnc(-n3nccc3N)s2)oc(=O)c1O[C@H](CO)CN1CCSCC1. The molecule has 16 heteroatoms. The van der Waals surface area contributed by atoms with Gasteiger partial charge in [0, 0.05) is 42.8 Å². The second-order valence-corrected chi connectivity index (χ2v) is 11.2. The van der Waals surface area contributed by atoms with E-state index in [1.807, 2.05) is 11.8 Å². The van der Waals surface area contributed by atoms with Gasteiger partial charge in [0.1, 0.15) is 23.4 Å². The Morgan fingerprint density at radius 3 is 2.57 bits per heavy atom. The van der Waals surface area contributed by atoms with Crippen molar-refractivity contribution in [1.82, 2.24) is 24.9 Å². The molecule has 1 aliphatic rings. The summed E-state index contributed by atoms with van der Waals surface area (Å²) in [6.45, 7) is 1.74. The predicted molar refractivity (Wildman–Crippen MR) is 158 cm³/mol. The lowest BCUT2D eigenvalue weighted by Gasteiger charge is -2.29. The predicted octanol–water partition coefficient (Wildman–Crippen LogP) is 1.98. The number of carbonyl (C=O) groups is 1. The van der Waals surface area contributed by atoms with Gasteiger partial charge in [-0.05, 0) is 18.2 Å². The van der Waals surface area contributed by atoms with Crippen LogP contribution in [0.2, 0.25) is 0 Å². The maximum Gasteiger partial charge on any atom is 0.379 e. The van der Waals surface area contributed by atoms with E-state index < -0.39 is 17.6 Å². The first-order valence-electron chi connectivity index (χ1n) is 12.8. The first-order valence-corrected chi connectivity index (χ1v) is 14.8. The van der Waals surface area contributed by atoms with E-state index in [2.05, 4.69) is 25.5 Å². The molecule has 1 amide bonds. The van der Waals surface area contributed by atoms with E-state index in [1.54, 1.807) is 24.3 Å². The molecular formula is C26H29N7O7S2. The summed E-state index contributed by atoms with van der Waals surface area (Å²) in [6.07, 6.45) is 0.776. The number of anilines is 2. The number of hydrogen-bond acceptors (Lipinski definition) is 14. The van der Waals surface area contributed by atoms with Crippen LogP contribution in [0.3, 0.4) is 0 Å². The zero-order valence-electron chi connectivity index (χ0n) is 22.8. The van der Waals surface area contributed by atoms with Crippen LogP contribution in [0.4, 0.5) is 10.9 Å². The maximum atomic E-state index is 13.4. The van der Waals surface area contributed by atoms with E-state index in [0.29, 0.717) is 34.6 Å². The number of ether oxygens (including phenoxy) is 3. The van der Waals surface area contributed by atoms with E-state index in [9.17, 15) is 14.7 Å². The fourth-order valence-electron chi connectivity index (χ4n) is 4.36. The Kier molecular flexibility index (Phi) is 9.26. The van der Waals surface area contributed by atoms with Crippen molar-refractivity contribution in [2.45, 2.75) is 6.10 Å². The van der Waals surface area contributed by atoms with Crippen molar-refractivity contribution in [3.05, 3.63) is 52.7 Å². The zero-order chi connectivity index (χ0) is 29.6. The van der Waals surface area contributed by atoms with Gasteiger partial charge in [-0.25, -0.2) is 4.79 Å². The molecular weight excluding hydrogens is 586 g/mol. The first-order chi connectivity index (χ1) is 20.4. The Balaban J connectivity index is 1.51. The molecule has 0 spiro atoms. The van der Waals surface area contributed by atoms with Crippen molar-refractivity contribution in [1.29, 1.82) is 0 Å². The molecule has 3 aromatic heterocycles. The molecule has 1 saturated heterocycles. The van der Waals surface area contributed by atoms with Gasteiger partial charge in [-0.15, -0.1) is 10.2 Å². The summed E-state index contributed by atoms with van der Waals surface area (Å²) >= 11 is 2.88. The average molecular weight is 616 g/mol. The number of hydrogen-bond donors (Lipinski definition) is 3. The van der Waals surface area contributed by atoms with Gasteiger partial charge in [-0.3, -0.25) is 15.0 Å². The Morgan fingerprint density at radius 2 is 1.93 bits per heavy atom. The number of nitrogen functional groups attached to an aromatic ring is 1. The van der Waals surface area contributed by atoms with Gasteiger partial charge >= 0.3 is 5.63 Å². The standard InChI is InChI=1S/C26H29N7O7S2/c1-37-17-4-3-5-18(38-2)21(17)16-12-19(23(35)29-25-30-31-26(42-25)33-20(27)6-7-28-33)40-24(36)22(16)39-15(14-34)13-32-8-10-41-11-9-32/h3-7,12,15,34H,8-11,13-14,27H2,1-2H3,(H,29,30,35)/t15-/m0/s1. The Morgan fingerprint density at radius 1 is 1.19 bits per heavy atom. The third-order valence-electron chi connectivity index (χ3n) is 6.37. The second kappa shape index (κ2) is 13.2. The number of nitrogens with zero attached hydrogens (tertiary/aromatic N) is 5. The normalized spacial score (nSPS) is 14.4. The number of nitrogens with two attached hydrogens (primary N) is 1. The molecule has 222 valence electrons. The van der Waals surface area contributed by atoms with Crippen molar-refractivity contribution in [2.24, 2.45) is 0 Å². The minimum atomic E-state index is -0.916. The third kappa shape index (κ3) is 6.35. The molecule has 14 nitrogen and oxygen atoms in total. The molecule has 1 fully saturated rings. The van der Waals surface area contributed by atoms with E-state index in [0.717, 1.165) is 35.9 Å². The highest BCUT2D eigenvalue weighted by atomic mass is 32.2. The topological polar surface area (TPSA) is 180 Å². The molecule has 5 rings (SSSR count). The molecule has 0 aliphatic carbocycles. The van der Waals surface area contributed by atoms with Crippen molar-refractivity contribution in [3.8, 4) is 33.5 Å². The summed E-state index contributed by atoms with van der Waals surface area (Å²) in [7, 11) is 2.95. The lowest BCUT2D eigenvalue weighted by molar-refractivity contribution is 0.0771. The highest BCUT2D eigenvalue weighted by molar-refractivity contribution is 7.99. The minimum Gasteiger partial charge on any atom is -0.496 e. The van der Waals surface area contributed by atoms with E-state index in [1.165, 1.54) is 31.2 Å². The van der Waals surface area contributed by atoms with Crippen molar-refractivity contribution < 1.29 is 28.5 Å². The monoisotopic (exact) mass is 615 g/mol. The lowest BCUT2D eigenvalue weighted by atomic mass is 10.0. The van der Waals surface area contributed by atoms with Crippen LogP contribution in [-0.2, 0) is 0 Å². The van der Waals surface area contributed by atoms with E-state index in [4.69, 9.17) is 24.4 Å². The fourth-order valence-corrected chi connectivity index (χ4v) is 6.06. The van der Waals surface area contributed by atoms with Crippen molar-refractivity contribution in [2.75, 3.05) is 63.0 Å². The molecule has 0 saturated carbocycles. The van der Waals surface area contributed by atoms with Gasteiger partial charge < -0.3 is 29.5 Å². The molecule has 4 N–H and O–H groups in total. The molecule has 0 unspecified atom stereocenters. The van der Waals surface area contributed by atoms with Crippen molar-refractivity contribution in [3.63, 3.8) is 0 Å². The first kappa shape index (κ1) is 29.4. The smallest absolute Gasteiger partial charge is 0.379 e. The molecule has 4 heterocycles. The molecule has 4 aromatic rings. The van der Waals surface area contributed by atoms with Crippen LogP contribution in [0.1, 0.15) is 10.6 Å². The number of aromatic nitrogens is 4. The summed E-state index contributed by atoms with van der Waals surface area (Å²) < 4.78 is 24.0. The molecule has 0 bridgehead atoms. The summed E-state index contributed by atoms with van der Waals surface area (Å²) in [6, 6.07) is 8.07. The Bertz CT molecular complexity index is 1580. The summed E-state index contributed by atoms with van der Waals surface area (Å²) in [5, 5.41) is 25.2. The molecule has 1 atom stereocenters. The lowest BCUT2D eigenvalue weighted by Crippen LogP contribution is -2.42. The highest BCUT2D eigenvalue weighted by Gasteiger charge is 2.27. The van der Waals surface area contributed by atoms with E-state index >= 15 is 0 Å². The molecule has 0 radical (unpaired) electrons. The largest absolute Gasteiger partial charge is 0.496 e. The third-order valence-corrected chi connectivity index (χ3v) is 8.13. The number of thioether (sulfide) groups is 1. The van der Waals surface area contributed by atoms with Gasteiger partial charge in [0.15, 0.2) is 5.76 Å². The van der Waals surface area contributed by atoms with Crippen LogP contribution in [0, 0.1) is 0 Å². The van der Waals surface area contributed by atoms with Gasteiger partial charge in [0.05, 0.1) is 32.6 Å². The second-order valence-electron chi connectivity index (χ2n) is 9.03. The van der Waals surface area contributed by atoms with Crippen LogP contribution < -0.4 is 30.9 Å². The highest BCUT2D eigenvalue weighted by Crippen LogP contribution is 2.42. The number of rotatable bonds is 11. The van der Waals surface area contributed by atoms with Crippen LogP contribution in [0.5, 0.6) is 17.2 Å². The summed E-state index contributed by atoms with van der Waals surface area (Å²) in [4.78, 5) is 28.9. The van der Waals surface area contributed by atoms with Crippen LogP contribution in [0.25, 0.3) is 16.3 Å². The average Bonchev–Trinajstić information content (AvgIpc) is 3.65. The number of aliphatic hydroxyl groups is 1. The number of carbonyl (C=O) groups excluding carboxylic acids is 1. The number of nitrogens with one attached hydrogen (secondary N) is 1. The maximum absolute atomic E-state index is 13.4. The van der Waals surface area contributed by atoms with Gasteiger partial charge in [0.25, 0.3) is 5.91 Å². The molecule has 42 heavy (non-hydrogen) atoms. The zero-order valence-corrected chi connectivity index (χ0v) is 24.4. The van der Waals surface area contributed by atoms with Crippen molar-refractivity contribution >= 4 is 40.0 Å². The number of methoxy groups -OCH3 is 2. The number of benzene rings is 1. The van der Waals surface area contributed by atoms with Crippen LogP contribution in [-0.4, -0.2) is 94.0 Å². The molecule has 1 aromatic carbocycles. The van der Waals surface area contributed by atoms with E-state index in [-0.39, 0.29) is 28.8 Å². The Hall–Kier alpha value is -4.12. The quantitative estimate of drug-likeness (QED) is 0.223. The minimum absolute atomic E-state index is 0.129. The fraction of sp³-hybridized carbons (Fsp3) is 0.346. The number of aliphatic hydroxyl groups excluding tert-OH is 1. The summed E-state index contributed by atoms with van der Waals surface area (Å²) in [5.41, 5.74) is 5.52. The van der Waals surface area contributed by atoms with Crippen LogP contribution >= 0.6 is 23.1 Å².